The summed E-state index contributed by atoms with van der Waals surface area (Å²) in [5, 5.41) is 0. The smallest absolute Gasteiger partial charge is 0.316 e. The van der Waals surface area contributed by atoms with Crippen LogP contribution >= 0.6 is 0 Å². The molecule has 198 valence electrons. The van der Waals surface area contributed by atoms with Gasteiger partial charge in [-0.2, -0.15) is 0 Å². The molecule has 0 aromatic carbocycles. The lowest BCUT2D eigenvalue weighted by atomic mass is 9.42. The molecule has 3 aliphatic carbocycles. The third kappa shape index (κ3) is 2.84. The van der Waals surface area contributed by atoms with Crippen LogP contribution in [0, 0.1) is 28.1 Å². The van der Waals surface area contributed by atoms with Gasteiger partial charge in [0.2, 0.25) is 0 Å². The summed E-state index contributed by atoms with van der Waals surface area (Å²) in [6.45, 7) is 12.3. The minimum atomic E-state index is -0.998. The Balaban J connectivity index is 1.55. The van der Waals surface area contributed by atoms with Crippen molar-refractivity contribution < 1.29 is 33.0 Å². The van der Waals surface area contributed by atoms with E-state index in [0.717, 1.165) is 17.8 Å². The highest BCUT2D eigenvalue weighted by atomic mass is 16.6. The quantitative estimate of drug-likeness (QED) is 0.423. The molecule has 7 heteroatoms. The summed E-state index contributed by atoms with van der Waals surface area (Å²) in [6, 6.07) is 2.05. The molecule has 5 aliphatic rings. The van der Waals surface area contributed by atoms with E-state index in [4.69, 9.17) is 18.6 Å². The zero-order valence-corrected chi connectivity index (χ0v) is 22.6. The number of hydrogen-bond donors (Lipinski definition) is 0. The Hall–Kier alpha value is -2.67. The third-order valence-corrected chi connectivity index (χ3v) is 10.6. The van der Waals surface area contributed by atoms with Crippen LogP contribution in [0.3, 0.4) is 0 Å². The summed E-state index contributed by atoms with van der Waals surface area (Å²) in [5.74, 6) is -0.272. The highest BCUT2D eigenvalue weighted by Crippen LogP contribution is 2.72. The van der Waals surface area contributed by atoms with Gasteiger partial charge in [0, 0.05) is 34.1 Å². The number of fused-ring (bicyclic) bond motifs is 4. The van der Waals surface area contributed by atoms with Crippen LogP contribution in [0.5, 0.6) is 0 Å². The van der Waals surface area contributed by atoms with Crippen LogP contribution in [-0.4, -0.2) is 43.1 Å². The first-order valence-electron chi connectivity index (χ1n) is 13.4. The number of allylic oxidation sites excluding steroid dienone is 2. The van der Waals surface area contributed by atoms with E-state index in [1.807, 2.05) is 13.8 Å². The standard InChI is InChI=1S/C30H36O7/c1-14(2)23-16(9-11-35-23)17-12-18-22(15(17)3)30(6)19(13-21(32)34-7)29(5)20(31)8-10-28(4)25(29)24(26(30)36-18)37-27(28)33/h8-11,14,17-19,24-26H,12-13H2,1-7H3/t17-,18?,19-,24-,25+,26-,28-,29+,30-/m1/s1. The first-order chi connectivity index (χ1) is 17.4. The second-order valence-corrected chi connectivity index (χ2v) is 12.6. The Bertz CT molecular complexity index is 1270. The Kier molecular flexibility index (Phi) is 5.12. The van der Waals surface area contributed by atoms with Gasteiger partial charge in [0.05, 0.1) is 31.3 Å². The molecule has 1 saturated carbocycles. The average molecular weight is 509 g/mol. The van der Waals surface area contributed by atoms with E-state index >= 15 is 0 Å². The fraction of sp³-hybridized carbons (Fsp3) is 0.633. The normalized spacial score (nSPS) is 43.7. The number of ketones is 1. The Morgan fingerprint density at radius 2 is 1.92 bits per heavy atom. The number of hydrogen-bond acceptors (Lipinski definition) is 7. The Morgan fingerprint density at radius 1 is 1.19 bits per heavy atom. The van der Waals surface area contributed by atoms with Gasteiger partial charge in [0.1, 0.15) is 18.0 Å². The van der Waals surface area contributed by atoms with Gasteiger partial charge in [-0.3, -0.25) is 14.4 Å². The summed E-state index contributed by atoms with van der Waals surface area (Å²) in [6.07, 6.45) is 4.59. The maximum atomic E-state index is 13.8. The number of carbonyl (C=O) groups is 3. The minimum Gasteiger partial charge on any atom is -0.469 e. The van der Waals surface area contributed by atoms with Crippen LogP contribution < -0.4 is 0 Å². The van der Waals surface area contributed by atoms with Crippen molar-refractivity contribution in [1.82, 2.24) is 0 Å². The van der Waals surface area contributed by atoms with Gasteiger partial charge >= 0.3 is 11.9 Å². The molecule has 6 rings (SSSR count). The number of methoxy groups -OCH3 is 1. The topological polar surface area (TPSA) is 92.0 Å². The molecule has 1 unspecified atom stereocenters. The van der Waals surface area contributed by atoms with Gasteiger partial charge in [-0.1, -0.05) is 39.3 Å². The molecule has 7 nitrogen and oxygen atoms in total. The fourth-order valence-electron chi connectivity index (χ4n) is 9.00. The maximum absolute atomic E-state index is 13.8. The molecule has 0 spiro atoms. The monoisotopic (exact) mass is 508 g/mol. The third-order valence-electron chi connectivity index (χ3n) is 10.6. The molecule has 0 N–H and O–H groups in total. The van der Waals surface area contributed by atoms with Crippen molar-refractivity contribution in [1.29, 1.82) is 0 Å². The lowest BCUT2D eigenvalue weighted by molar-refractivity contribution is -0.190. The zero-order chi connectivity index (χ0) is 26.7. The van der Waals surface area contributed by atoms with Gasteiger partial charge in [0.15, 0.2) is 5.78 Å². The van der Waals surface area contributed by atoms with E-state index in [1.54, 1.807) is 12.3 Å². The highest BCUT2D eigenvalue weighted by Gasteiger charge is 2.77. The van der Waals surface area contributed by atoms with Crippen molar-refractivity contribution in [2.75, 3.05) is 7.11 Å². The second-order valence-electron chi connectivity index (χ2n) is 12.6. The number of carbonyl (C=O) groups excluding carboxylic acids is 3. The largest absolute Gasteiger partial charge is 0.469 e. The molecule has 2 aliphatic heterocycles. The Labute approximate surface area is 217 Å². The number of esters is 2. The lowest BCUT2D eigenvalue weighted by Crippen LogP contribution is -2.66. The van der Waals surface area contributed by atoms with Crippen molar-refractivity contribution in [2.45, 2.75) is 84.5 Å². The molecule has 3 fully saturated rings. The van der Waals surface area contributed by atoms with Crippen LogP contribution in [0.4, 0.5) is 0 Å². The van der Waals surface area contributed by atoms with Gasteiger partial charge in [0.25, 0.3) is 0 Å². The second kappa shape index (κ2) is 7.68. The van der Waals surface area contributed by atoms with Crippen molar-refractivity contribution in [3.8, 4) is 0 Å². The molecule has 0 bridgehead atoms. The summed E-state index contributed by atoms with van der Waals surface area (Å²) in [5.41, 5.74) is 0.863. The van der Waals surface area contributed by atoms with Crippen molar-refractivity contribution >= 4 is 17.7 Å². The molecule has 2 saturated heterocycles. The first-order valence-corrected chi connectivity index (χ1v) is 13.4. The molecule has 9 atom stereocenters. The van der Waals surface area contributed by atoms with Crippen LogP contribution in [0.1, 0.15) is 77.5 Å². The van der Waals surface area contributed by atoms with Gasteiger partial charge in [-0.25, -0.2) is 0 Å². The van der Waals surface area contributed by atoms with E-state index in [9.17, 15) is 14.4 Å². The number of ether oxygens (including phenoxy) is 3. The molecule has 1 aromatic rings. The predicted octanol–water partition coefficient (Wildman–Crippen LogP) is 4.87. The van der Waals surface area contributed by atoms with Crippen LogP contribution in [0.2, 0.25) is 0 Å². The van der Waals surface area contributed by atoms with Gasteiger partial charge < -0.3 is 18.6 Å². The van der Waals surface area contributed by atoms with Crippen molar-refractivity contribution in [3.05, 3.63) is 47.0 Å². The highest BCUT2D eigenvalue weighted by molar-refractivity contribution is 6.00. The molecule has 0 amide bonds. The van der Waals surface area contributed by atoms with E-state index < -0.39 is 40.3 Å². The summed E-state index contributed by atoms with van der Waals surface area (Å²) in [4.78, 5) is 39.9. The van der Waals surface area contributed by atoms with E-state index in [0.29, 0.717) is 0 Å². The van der Waals surface area contributed by atoms with E-state index in [-0.39, 0.29) is 42.1 Å². The van der Waals surface area contributed by atoms with E-state index in [1.165, 1.54) is 24.3 Å². The number of rotatable bonds is 4. The molecule has 37 heavy (non-hydrogen) atoms. The fourth-order valence-corrected chi connectivity index (χ4v) is 9.00. The zero-order valence-electron chi connectivity index (χ0n) is 22.6. The predicted molar refractivity (Wildman–Crippen MR) is 133 cm³/mol. The number of furan rings is 1. The molecular formula is C30H36O7. The molecule has 3 heterocycles. The molecule has 1 aromatic heterocycles. The van der Waals surface area contributed by atoms with Crippen LogP contribution in [0.15, 0.2) is 40.0 Å². The van der Waals surface area contributed by atoms with Crippen molar-refractivity contribution in [2.24, 2.45) is 28.1 Å². The summed E-state index contributed by atoms with van der Waals surface area (Å²) in [7, 11) is 1.38. The SMILES string of the molecule is COC(=O)C[C@H]1[C@]2(C)C3=C(C)[C@H](c4ccoc4C(C)C)CC3O[C@@H]2[C@@H]2OC(=O)[C@]3(C)C=CC(=O)[C@@]1(C)[C@@H]23. The molecular weight excluding hydrogens is 472 g/mol. The maximum Gasteiger partial charge on any atom is 0.316 e. The lowest BCUT2D eigenvalue weighted by Gasteiger charge is -2.59. The minimum absolute atomic E-state index is 0.0630. The van der Waals surface area contributed by atoms with Gasteiger partial charge in [-0.15, -0.1) is 0 Å². The van der Waals surface area contributed by atoms with Crippen LogP contribution in [-0.2, 0) is 28.6 Å². The summed E-state index contributed by atoms with van der Waals surface area (Å²) < 4.78 is 23.9. The molecule has 0 radical (unpaired) electrons. The first kappa shape index (κ1) is 24.7. The Morgan fingerprint density at radius 3 is 2.59 bits per heavy atom. The van der Waals surface area contributed by atoms with Gasteiger partial charge in [-0.05, 0) is 43.9 Å². The van der Waals surface area contributed by atoms with E-state index in [2.05, 4.69) is 33.8 Å². The average Bonchev–Trinajstić information content (AvgIpc) is 3.58. The van der Waals surface area contributed by atoms with Crippen LogP contribution in [0.25, 0.3) is 0 Å². The van der Waals surface area contributed by atoms with Crippen molar-refractivity contribution in [3.63, 3.8) is 0 Å². The summed E-state index contributed by atoms with van der Waals surface area (Å²) >= 11 is 0.